The van der Waals surface area contributed by atoms with E-state index in [1.54, 1.807) is 0 Å². The minimum Gasteiger partial charge on any atom is -0.222 e. The minimum atomic E-state index is -7.71. The summed E-state index contributed by atoms with van der Waals surface area (Å²) < 4.78 is 159. The maximum atomic E-state index is 13.1. The minimum absolute atomic E-state index is 0.796. The molecule has 0 aromatic heterocycles. The van der Waals surface area contributed by atoms with E-state index >= 15 is 0 Å². The van der Waals surface area contributed by atoms with Gasteiger partial charge in [-0.3, -0.25) is 0 Å². The summed E-state index contributed by atoms with van der Waals surface area (Å²) in [7, 11) is -6.42. The van der Waals surface area contributed by atoms with Crippen molar-refractivity contribution in [1.82, 2.24) is 0 Å². The number of sulfone groups is 1. The van der Waals surface area contributed by atoms with Gasteiger partial charge < -0.3 is 0 Å². The Morgan fingerprint density at radius 3 is 1.32 bits per heavy atom. The molecule has 0 aromatic rings. The summed E-state index contributed by atoms with van der Waals surface area (Å²) in [5.74, 6) is -24.6. The van der Waals surface area contributed by atoms with Crippen molar-refractivity contribution in [3.63, 3.8) is 0 Å². The Balaban J connectivity index is 6.24. The van der Waals surface area contributed by atoms with Gasteiger partial charge in [0, 0.05) is 0 Å². The lowest BCUT2D eigenvalue weighted by molar-refractivity contribution is -0.413. The lowest BCUT2D eigenvalue weighted by Gasteiger charge is -2.36. The van der Waals surface area contributed by atoms with Crippen molar-refractivity contribution in [2.45, 2.75) is 42.5 Å². The van der Waals surface area contributed by atoms with Crippen molar-refractivity contribution < 1.29 is 56.7 Å². The average Bonchev–Trinajstić information content (AvgIpc) is 2.26. The first-order chi connectivity index (χ1) is 9.31. The molecule has 0 aliphatic rings. The Bertz CT molecular complexity index is 505. The molecular formula is C8H7F11O2S. The van der Waals surface area contributed by atoms with Crippen LogP contribution in [0.3, 0.4) is 0 Å². The van der Waals surface area contributed by atoms with Crippen LogP contribution < -0.4 is 0 Å². The van der Waals surface area contributed by atoms with Crippen LogP contribution in [0.2, 0.25) is 0 Å². The molecule has 0 spiro atoms. The predicted octanol–water partition coefficient (Wildman–Crippen LogP) is 3.87. The van der Waals surface area contributed by atoms with Crippen LogP contribution in [-0.4, -0.2) is 43.4 Å². The van der Waals surface area contributed by atoms with Gasteiger partial charge in [-0.1, -0.05) is 6.92 Å². The Morgan fingerprint density at radius 2 is 1.05 bits per heavy atom. The third kappa shape index (κ3) is 2.73. The van der Waals surface area contributed by atoms with Crippen LogP contribution in [0.15, 0.2) is 0 Å². The normalized spacial score (nSPS) is 16.0. The zero-order valence-electron chi connectivity index (χ0n) is 10.3. The molecule has 134 valence electrons. The number of hydrogen-bond acceptors (Lipinski definition) is 2. The average molecular weight is 376 g/mol. The van der Waals surface area contributed by atoms with Gasteiger partial charge >= 0.3 is 29.2 Å². The predicted molar refractivity (Wildman–Crippen MR) is 49.9 cm³/mol. The lowest BCUT2D eigenvalue weighted by atomic mass is 10.0. The molecule has 22 heavy (non-hydrogen) atoms. The highest BCUT2D eigenvalue weighted by Crippen LogP contribution is 2.58. The quantitative estimate of drug-likeness (QED) is 0.660. The Kier molecular flexibility index (Phi) is 5.17. The molecule has 0 aromatic carbocycles. The van der Waals surface area contributed by atoms with Crippen LogP contribution >= 0.6 is 0 Å². The molecule has 0 radical (unpaired) electrons. The van der Waals surface area contributed by atoms with Gasteiger partial charge in [-0.05, 0) is 6.42 Å². The van der Waals surface area contributed by atoms with E-state index in [2.05, 4.69) is 0 Å². The van der Waals surface area contributed by atoms with E-state index in [0.717, 1.165) is 6.92 Å². The fraction of sp³-hybridized carbons (Fsp3) is 1.00. The Labute approximate surface area is 116 Å². The van der Waals surface area contributed by atoms with Crippen molar-refractivity contribution >= 4 is 9.84 Å². The zero-order valence-corrected chi connectivity index (χ0v) is 11.1. The van der Waals surface area contributed by atoms with Crippen LogP contribution in [0, 0.1) is 0 Å². The third-order valence-corrected chi connectivity index (χ3v) is 4.36. The van der Waals surface area contributed by atoms with E-state index in [0.29, 0.717) is 0 Å². The van der Waals surface area contributed by atoms with Gasteiger partial charge in [0.2, 0.25) is 9.84 Å². The fourth-order valence-corrected chi connectivity index (χ4v) is 2.46. The van der Waals surface area contributed by atoms with Crippen molar-refractivity contribution in [3.05, 3.63) is 0 Å². The lowest BCUT2D eigenvalue weighted by Crippen LogP contribution is -2.68. The topological polar surface area (TPSA) is 34.1 Å². The van der Waals surface area contributed by atoms with E-state index in [9.17, 15) is 56.7 Å². The Morgan fingerprint density at radius 1 is 0.682 bits per heavy atom. The first kappa shape index (κ1) is 21.2. The van der Waals surface area contributed by atoms with Gasteiger partial charge in [0.05, 0.1) is 5.75 Å². The smallest absolute Gasteiger partial charge is 0.222 e. The second kappa shape index (κ2) is 5.37. The van der Waals surface area contributed by atoms with Gasteiger partial charge in [0.15, 0.2) is 0 Å². The second-order valence-corrected chi connectivity index (χ2v) is 6.21. The zero-order chi connectivity index (χ0) is 18.4. The molecule has 0 saturated carbocycles. The molecule has 0 heterocycles. The maximum Gasteiger partial charge on any atom is 0.460 e. The van der Waals surface area contributed by atoms with Crippen LogP contribution in [0.4, 0.5) is 48.3 Å². The summed E-state index contributed by atoms with van der Waals surface area (Å²) in [6.45, 7) is 0.842. The summed E-state index contributed by atoms with van der Waals surface area (Å²) in [4.78, 5) is 0. The molecular weight excluding hydrogens is 369 g/mol. The molecule has 0 fully saturated rings. The first-order valence-electron chi connectivity index (χ1n) is 5.11. The summed E-state index contributed by atoms with van der Waals surface area (Å²) in [5, 5.41) is -6.84. The van der Waals surface area contributed by atoms with Crippen molar-refractivity contribution in [2.75, 3.05) is 5.75 Å². The molecule has 0 aliphatic heterocycles. The van der Waals surface area contributed by atoms with Gasteiger partial charge in [-0.25, -0.2) is 8.42 Å². The molecule has 0 bridgehead atoms. The van der Waals surface area contributed by atoms with Crippen molar-refractivity contribution in [2.24, 2.45) is 0 Å². The molecule has 2 nitrogen and oxygen atoms in total. The van der Waals surface area contributed by atoms with E-state index in [1.165, 1.54) is 0 Å². The standard InChI is InChI=1S/C8H7F11O2S/c1-2-3-22(20,21)8(18,19)6(13,14)4(9,10)5(11,12)7(15,16)17/h2-3H2,1H3. The van der Waals surface area contributed by atoms with Crippen molar-refractivity contribution in [3.8, 4) is 0 Å². The van der Waals surface area contributed by atoms with E-state index in [4.69, 9.17) is 0 Å². The number of alkyl halides is 11. The van der Waals surface area contributed by atoms with Gasteiger partial charge in [-0.15, -0.1) is 0 Å². The summed E-state index contributed by atoms with van der Waals surface area (Å²) >= 11 is 0. The molecule has 0 rings (SSSR count). The summed E-state index contributed by atoms with van der Waals surface area (Å²) in [5.41, 5.74) is 0. The van der Waals surface area contributed by atoms with E-state index in [-0.39, 0.29) is 0 Å². The monoisotopic (exact) mass is 376 g/mol. The van der Waals surface area contributed by atoms with Crippen LogP contribution in [0.1, 0.15) is 13.3 Å². The van der Waals surface area contributed by atoms with Gasteiger partial charge in [0.1, 0.15) is 0 Å². The van der Waals surface area contributed by atoms with Crippen molar-refractivity contribution in [1.29, 1.82) is 0 Å². The van der Waals surface area contributed by atoms with Crippen LogP contribution in [0.5, 0.6) is 0 Å². The highest BCUT2D eigenvalue weighted by atomic mass is 32.2. The molecule has 0 atom stereocenters. The SMILES string of the molecule is CCCS(=O)(=O)C(F)(F)C(F)(F)C(F)(F)C(F)(F)C(F)(F)F. The Hall–Kier alpha value is -0.820. The van der Waals surface area contributed by atoms with E-state index < -0.39 is 51.2 Å². The summed E-state index contributed by atoms with van der Waals surface area (Å²) in [6.07, 6.45) is -8.11. The van der Waals surface area contributed by atoms with E-state index in [1.807, 2.05) is 0 Å². The fourth-order valence-electron chi connectivity index (χ4n) is 1.15. The maximum absolute atomic E-state index is 13.1. The van der Waals surface area contributed by atoms with Gasteiger partial charge in [-0.2, -0.15) is 48.3 Å². The van der Waals surface area contributed by atoms with Gasteiger partial charge in [0.25, 0.3) is 0 Å². The number of hydrogen-bond donors (Lipinski definition) is 0. The third-order valence-electron chi connectivity index (χ3n) is 2.37. The highest BCUT2D eigenvalue weighted by Gasteiger charge is 2.89. The molecule has 0 aliphatic carbocycles. The van der Waals surface area contributed by atoms with Crippen LogP contribution in [0.25, 0.3) is 0 Å². The molecule has 0 saturated heterocycles. The largest absolute Gasteiger partial charge is 0.460 e. The molecule has 0 unspecified atom stereocenters. The molecule has 14 heteroatoms. The van der Waals surface area contributed by atoms with Crippen LogP contribution in [-0.2, 0) is 9.84 Å². The highest BCUT2D eigenvalue weighted by molar-refractivity contribution is 7.92. The first-order valence-corrected chi connectivity index (χ1v) is 6.76. The second-order valence-electron chi connectivity index (χ2n) is 4.06. The number of rotatable bonds is 6. The molecule has 0 amide bonds. The summed E-state index contributed by atoms with van der Waals surface area (Å²) in [6, 6.07) is 0. The number of halogens is 11. The molecule has 0 N–H and O–H groups in total.